The number of nitrogens with zero attached hydrogens (tertiary/aromatic N) is 2. The molecule has 1 aromatic heterocycles. The lowest BCUT2D eigenvalue weighted by atomic mass is 10.2. The van der Waals surface area contributed by atoms with Crippen LogP contribution < -0.4 is 4.74 Å². The van der Waals surface area contributed by atoms with Crippen LogP contribution in [0.25, 0.3) is 0 Å². The van der Waals surface area contributed by atoms with Gasteiger partial charge in [-0.1, -0.05) is 6.07 Å². The molecule has 0 spiro atoms. The molecular formula is C12H16N2O3. The number of carboxylic acids is 1. The fourth-order valence-corrected chi connectivity index (χ4v) is 2.16. The Bertz CT molecular complexity index is 408. The van der Waals surface area contributed by atoms with Crippen LogP contribution in [0, 0.1) is 0 Å². The van der Waals surface area contributed by atoms with Crippen LogP contribution in [0.15, 0.2) is 18.2 Å². The van der Waals surface area contributed by atoms with Crippen molar-refractivity contribution in [3.63, 3.8) is 0 Å². The van der Waals surface area contributed by atoms with Crippen LogP contribution >= 0.6 is 0 Å². The van der Waals surface area contributed by atoms with E-state index in [2.05, 4.69) is 4.98 Å². The number of carbonyl (C=O) groups is 1. The highest BCUT2D eigenvalue weighted by atomic mass is 16.5. The number of carboxylic acid groups (broad SMARTS) is 1. The summed E-state index contributed by atoms with van der Waals surface area (Å²) in [5.41, 5.74) is 0.845. The molecule has 1 aliphatic rings. The fraction of sp³-hybridized carbons (Fsp3) is 0.500. The molecule has 0 radical (unpaired) electrons. The molecule has 0 aromatic carbocycles. The topological polar surface area (TPSA) is 62.7 Å². The van der Waals surface area contributed by atoms with Crippen LogP contribution in [0.5, 0.6) is 5.88 Å². The second kappa shape index (κ2) is 5.14. The largest absolute Gasteiger partial charge is 0.481 e. The first-order chi connectivity index (χ1) is 8.20. The molecule has 1 saturated heterocycles. The first-order valence-electron chi connectivity index (χ1n) is 5.67. The van der Waals surface area contributed by atoms with Crippen LogP contribution in [0.1, 0.15) is 18.5 Å². The van der Waals surface area contributed by atoms with Gasteiger partial charge in [0.15, 0.2) is 0 Å². The molecule has 0 bridgehead atoms. The zero-order valence-corrected chi connectivity index (χ0v) is 9.80. The van der Waals surface area contributed by atoms with Crippen molar-refractivity contribution in [1.82, 2.24) is 9.88 Å². The Balaban J connectivity index is 2.06. The fourth-order valence-electron chi connectivity index (χ4n) is 2.16. The van der Waals surface area contributed by atoms with Gasteiger partial charge < -0.3 is 9.84 Å². The number of rotatable bonds is 4. The monoisotopic (exact) mass is 236 g/mol. The molecule has 0 amide bonds. The zero-order chi connectivity index (χ0) is 12.3. The van der Waals surface area contributed by atoms with Crippen molar-refractivity contribution in [3.8, 4) is 5.88 Å². The Morgan fingerprint density at radius 2 is 2.47 bits per heavy atom. The van der Waals surface area contributed by atoms with Gasteiger partial charge in [0.05, 0.1) is 12.8 Å². The summed E-state index contributed by atoms with van der Waals surface area (Å²) in [6.07, 6.45) is 1.65. The third-order valence-corrected chi connectivity index (χ3v) is 3.00. The number of likely N-dealkylation sites (tertiary alicyclic amines) is 1. The van der Waals surface area contributed by atoms with Crippen molar-refractivity contribution in [3.05, 3.63) is 23.9 Å². The first-order valence-corrected chi connectivity index (χ1v) is 5.67. The van der Waals surface area contributed by atoms with Gasteiger partial charge in [0.25, 0.3) is 0 Å². The predicted molar refractivity (Wildman–Crippen MR) is 61.9 cm³/mol. The maximum absolute atomic E-state index is 11.0. The molecule has 1 unspecified atom stereocenters. The molecular weight excluding hydrogens is 220 g/mol. The quantitative estimate of drug-likeness (QED) is 0.849. The molecule has 2 heterocycles. The Labute approximate surface area is 100 Å². The van der Waals surface area contributed by atoms with E-state index in [1.54, 1.807) is 13.2 Å². The zero-order valence-electron chi connectivity index (χ0n) is 9.80. The van der Waals surface area contributed by atoms with E-state index in [9.17, 15) is 4.79 Å². The van der Waals surface area contributed by atoms with Gasteiger partial charge in [-0.3, -0.25) is 9.69 Å². The summed E-state index contributed by atoms with van der Waals surface area (Å²) in [5.74, 6) is -0.182. The number of hydrogen-bond donors (Lipinski definition) is 1. The molecule has 1 N–H and O–H groups in total. The highest BCUT2D eigenvalue weighted by Gasteiger charge is 2.30. The minimum Gasteiger partial charge on any atom is -0.481 e. The van der Waals surface area contributed by atoms with Crippen molar-refractivity contribution in [1.29, 1.82) is 0 Å². The second-order valence-corrected chi connectivity index (χ2v) is 4.14. The summed E-state index contributed by atoms with van der Waals surface area (Å²) in [4.78, 5) is 17.3. The number of hydrogen-bond acceptors (Lipinski definition) is 4. The van der Waals surface area contributed by atoms with E-state index in [1.165, 1.54) is 0 Å². The lowest BCUT2D eigenvalue weighted by Crippen LogP contribution is -2.35. The van der Waals surface area contributed by atoms with Gasteiger partial charge in [0, 0.05) is 12.6 Å². The third kappa shape index (κ3) is 2.74. The maximum Gasteiger partial charge on any atom is 0.320 e. The van der Waals surface area contributed by atoms with Crippen molar-refractivity contribution in [2.75, 3.05) is 13.7 Å². The smallest absolute Gasteiger partial charge is 0.320 e. The van der Waals surface area contributed by atoms with Crippen molar-refractivity contribution in [2.45, 2.75) is 25.4 Å². The summed E-state index contributed by atoms with van der Waals surface area (Å²) in [6.45, 7) is 1.38. The molecule has 5 nitrogen and oxygen atoms in total. The van der Waals surface area contributed by atoms with Crippen LogP contribution in [-0.2, 0) is 11.3 Å². The Morgan fingerprint density at radius 3 is 3.18 bits per heavy atom. The molecule has 1 atom stereocenters. The van der Waals surface area contributed by atoms with Crippen LogP contribution in [0.2, 0.25) is 0 Å². The van der Waals surface area contributed by atoms with E-state index in [4.69, 9.17) is 9.84 Å². The highest BCUT2D eigenvalue weighted by Crippen LogP contribution is 2.20. The van der Waals surface area contributed by atoms with Gasteiger partial charge in [-0.2, -0.15) is 0 Å². The highest BCUT2D eigenvalue weighted by molar-refractivity contribution is 5.73. The molecule has 2 rings (SSSR count). The number of pyridine rings is 1. The van der Waals surface area contributed by atoms with Crippen LogP contribution in [0.3, 0.4) is 0 Å². The molecule has 5 heteroatoms. The van der Waals surface area contributed by atoms with Crippen molar-refractivity contribution >= 4 is 5.97 Å². The SMILES string of the molecule is COc1cccc(CN2CCCC2C(=O)O)n1. The predicted octanol–water partition coefficient (Wildman–Crippen LogP) is 1.14. The number of ether oxygens (including phenoxy) is 1. The minimum atomic E-state index is -0.745. The van der Waals surface area contributed by atoms with Gasteiger partial charge in [-0.15, -0.1) is 0 Å². The summed E-state index contributed by atoms with van der Waals surface area (Å²) in [6, 6.07) is 5.16. The van der Waals surface area contributed by atoms with Gasteiger partial charge in [0.1, 0.15) is 6.04 Å². The van der Waals surface area contributed by atoms with E-state index in [1.807, 2.05) is 17.0 Å². The van der Waals surface area contributed by atoms with E-state index in [-0.39, 0.29) is 6.04 Å². The molecule has 1 aliphatic heterocycles. The maximum atomic E-state index is 11.0. The average molecular weight is 236 g/mol. The Hall–Kier alpha value is -1.62. The second-order valence-electron chi connectivity index (χ2n) is 4.14. The van der Waals surface area contributed by atoms with Crippen LogP contribution in [0.4, 0.5) is 0 Å². The summed E-state index contributed by atoms with van der Waals surface area (Å²) in [5, 5.41) is 9.08. The first kappa shape index (κ1) is 11.9. The minimum absolute atomic E-state index is 0.372. The van der Waals surface area contributed by atoms with Crippen molar-refractivity contribution in [2.24, 2.45) is 0 Å². The molecule has 1 aromatic rings. The normalized spacial score (nSPS) is 20.4. The Kier molecular flexibility index (Phi) is 3.58. The van der Waals surface area contributed by atoms with E-state index in [0.717, 1.165) is 25.1 Å². The van der Waals surface area contributed by atoms with E-state index >= 15 is 0 Å². The number of aliphatic carboxylic acids is 1. The van der Waals surface area contributed by atoms with E-state index in [0.29, 0.717) is 12.4 Å². The summed E-state index contributed by atoms with van der Waals surface area (Å²) >= 11 is 0. The summed E-state index contributed by atoms with van der Waals surface area (Å²) in [7, 11) is 1.57. The Morgan fingerprint density at radius 1 is 1.65 bits per heavy atom. The third-order valence-electron chi connectivity index (χ3n) is 3.00. The van der Waals surface area contributed by atoms with Crippen molar-refractivity contribution < 1.29 is 14.6 Å². The molecule has 17 heavy (non-hydrogen) atoms. The standard InChI is InChI=1S/C12H16N2O3/c1-17-11-6-2-4-9(13-11)8-14-7-3-5-10(14)12(15)16/h2,4,6,10H,3,5,7-8H2,1H3,(H,15,16). The van der Waals surface area contributed by atoms with Gasteiger partial charge in [-0.25, -0.2) is 4.98 Å². The molecule has 1 fully saturated rings. The van der Waals surface area contributed by atoms with E-state index < -0.39 is 5.97 Å². The lowest BCUT2D eigenvalue weighted by Gasteiger charge is -2.20. The molecule has 0 aliphatic carbocycles. The molecule has 0 saturated carbocycles. The summed E-state index contributed by atoms with van der Waals surface area (Å²) < 4.78 is 5.05. The van der Waals surface area contributed by atoms with Gasteiger partial charge in [-0.05, 0) is 25.5 Å². The van der Waals surface area contributed by atoms with Crippen LogP contribution in [-0.4, -0.2) is 40.7 Å². The van der Waals surface area contributed by atoms with Gasteiger partial charge >= 0.3 is 5.97 Å². The number of methoxy groups -OCH3 is 1. The average Bonchev–Trinajstić information content (AvgIpc) is 2.77. The van der Waals surface area contributed by atoms with Gasteiger partial charge in [0.2, 0.25) is 5.88 Å². The molecule has 92 valence electrons. The lowest BCUT2D eigenvalue weighted by molar-refractivity contribution is -0.142. The number of aromatic nitrogens is 1.